The fourth-order valence-corrected chi connectivity index (χ4v) is 2.94. The Balaban J connectivity index is 1.73. The Bertz CT molecular complexity index is 935. The molecular weight excluding hydrogens is 391 g/mol. The number of benzene rings is 2. The van der Waals surface area contributed by atoms with E-state index >= 15 is 0 Å². The minimum absolute atomic E-state index is 0.145. The lowest BCUT2D eigenvalue weighted by Crippen LogP contribution is -2.41. The van der Waals surface area contributed by atoms with Gasteiger partial charge in [0.2, 0.25) is 5.91 Å². The van der Waals surface area contributed by atoms with Crippen LogP contribution in [-0.2, 0) is 11.3 Å². The van der Waals surface area contributed by atoms with Crippen LogP contribution in [0, 0.1) is 5.82 Å². The fraction of sp³-hybridized carbons (Fsp3) is 0.111. The predicted molar refractivity (Wildman–Crippen MR) is 101 cm³/mol. The number of nitrogens with zero attached hydrogens (tertiary/aromatic N) is 3. The van der Waals surface area contributed by atoms with Crippen molar-refractivity contribution in [3.63, 3.8) is 0 Å². The summed E-state index contributed by atoms with van der Waals surface area (Å²) in [5.41, 5.74) is 1.36. The smallest absolute Gasteiger partial charge is 0.280 e. The van der Waals surface area contributed by atoms with Gasteiger partial charge in [0, 0.05) is 22.6 Å². The maximum atomic E-state index is 12.9. The van der Waals surface area contributed by atoms with Gasteiger partial charge < -0.3 is 5.32 Å². The molecule has 0 radical (unpaired) electrons. The average molecular weight is 405 g/mol. The Kier molecular flexibility index (Phi) is 6.10. The van der Waals surface area contributed by atoms with Gasteiger partial charge in [-0.3, -0.25) is 14.5 Å². The molecule has 2 aromatic carbocycles. The van der Waals surface area contributed by atoms with Gasteiger partial charge in [0.15, 0.2) is 5.69 Å². The van der Waals surface area contributed by atoms with Crippen molar-refractivity contribution >= 4 is 40.6 Å². The van der Waals surface area contributed by atoms with Crippen LogP contribution in [0.2, 0.25) is 5.02 Å². The number of carbonyl (C=O) groups is 2. The van der Waals surface area contributed by atoms with Crippen molar-refractivity contribution < 1.29 is 14.0 Å². The Morgan fingerprint density at radius 3 is 2.63 bits per heavy atom. The van der Waals surface area contributed by atoms with E-state index in [0.717, 1.165) is 17.1 Å². The number of amides is 2. The van der Waals surface area contributed by atoms with Crippen LogP contribution in [-0.4, -0.2) is 27.9 Å². The molecule has 1 heterocycles. The molecule has 0 aliphatic heterocycles. The molecule has 0 bridgehead atoms. The number of hydrogen-bond donors (Lipinski definition) is 1. The minimum atomic E-state index is -0.456. The Labute approximate surface area is 163 Å². The first kappa shape index (κ1) is 18.9. The third-order valence-electron chi connectivity index (χ3n) is 3.65. The monoisotopic (exact) mass is 404 g/mol. The number of nitrogens with one attached hydrogen (secondary N) is 1. The molecule has 0 spiro atoms. The van der Waals surface area contributed by atoms with Gasteiger partial charge in [0.1, 0.15) is 12.4 Å². The molecule has 3 rings (SSSR count). The fourth-order valence-electron chi connectivity index (χ4n) is 2.32. The van der Waals surface area contributed by atoms with Crippen LogP contribution in [0.4, 0.5) is 10.1 Å². The van der Waals surface area contributed by atoms with Crippen molar-refractivity contribution in [2.45, 2.75) is 6.54 Å². The lowest BCUT2D eigenvalue weighted by atomic mass is 10.2. The SMILES string of the molecule is O=C(CN(C(=O)c1csnn1)c1cccc(Cl)c1)NCc1ccc(F)cc1. The molecule has 0 aliphatic rings. The average Bonchev–Trinajstić information content (AvgIpc) is 3.20. The lowest BCUT2D eigenvalue weighted by Gasteiger charge is -2.21. The molecule has 0 saturated heterocycles. The summed E-state index contributed by atoms with van der Waals surface area (Å²) in [7, 11) is 0. The number of rotatable bonds is 6. The predicted octanol–water partition coefficient (Wildman–Crippen LogP) is 3.29. The van der Waals surface area contributed by atoms with Crippen LogP contribution >= 0.6 is 23.1 Å². The van der Waals surface area contributed by atoms with Gasteiger partial charge in [-0.1, -0.05) is 34.3 Å². The van der Waals surface area contributed by atoms with E-state index in [1.165, 1.54) is 22.4 Å². The molecule has 1 aromatic heterocycles. The van der Waals surface area contributed by atoms with E-state index in [4.69, 9.17) is 11.6 Å². The van der Waals surface area contributed by atoms with E-state index in [-0.39, 0.29) is 30.5 Å². The molecule has 27 heavy (non-hydrogen) atoms. The van der Waals surface area contributed by atoms with Crippen LogP contribution in [0.5, 0.6) is 0 Å². The highest BCUT2D eigenvalue weighted by Gasteiger charge is 2.23. The first-order valence-electron chi connectivity index (χ1n) is 7.88. The van der Waals surface area contributed by atoms with E-state index in [2.05, 4.69) is 14.9 Å². The van der Waals surface area contributed by atoms with Gasteiger partial charge in [-0.15, -0.1) is 5.10 Å². The van der Waals surface area contributed by atoms with Crippen LogP contribution in [0.15, 0.2) is 53.9 Å². The topological polar surface area (TPSA) is 75.2 Å². The van der Waals surface area contributed by atoms with Crippen LogP contribution in [0.3, 0.4) is 0 Å². The third-order valence-corrected chi connectivity index (χ3v) is 4.39. The molecule has 0 aliphatic carbocycles. The Morgan fingerprint density at radius 2 is 1.96 bits per heavy atom. The summed E-state index contributed by atoms with van der Waals surface area (Å²) in [6, 6.07) is 12.4. The highest BCUT2D eigenvalue weighted by atomic mass is 35.5. The van der Waals surface area contributed by atoms with E-state index in [1.54, 1.807) is 36.4 Å². The van der Waals surface area contributed by atoms with Crippen LogP contribution < -0.4 is 10.2 Å². The zero-order valence-electron chi connectivity index (χ0n) is 13.9. The van der Waals surface area contributed by atoms with Gasteiger partial charge in [-0.2, -0.15) is 0 Å². The summed E-state index contributed by atoms with van der Waals surface area (Å²) in [6.07, 6.45) is 0. The number of halogens is 2. The number of anilines is 1. The number of aromatic nitrogens is 2. The Morgan fingerprint density at radius 1 is 1.19 bits per heavy atom. The number of carbonyl (C=O) groups excluding carboxylic acids is 2. The van der Waals surface area contributed by atoms with Crippen molar-refractivity contribution in [2.75, 3.05) is 11.4 Å². The maximum absolute atomic E-state index is 12.9. The summed E-state index contributed by atoms with van der Waals surface area (Å²) in [6.45, 7) is -0.00710. The second kappa shape index (κ2) is 8.70. The largest absolute Gasteiger partial charge is 0.350 e. The molecule has 1 N–H and O–H groups in total. The first-order chi connectivity index (χ1) is 13.0. The minimum Gasteiger partial charge on any atom is -0.350 e. The van der Waals surface area contributed by atoms with E-state index in [0.29, 0.717) is 10.7 Å². The van der Waals surface area contributed by atoms with Gasteiger partial charge in [0.25, 0.3) is 5.91 Å². The summed E-state index contributed by atoms with van der Waals surface area (Å²) in [5.74, 6) is -1.18. The summed E-state index contributed by atoms with van der Waals surface area (Å²) >= 11 is 7.06. The zero-order valence-corrected chi connectivity index (χ0v) is 15.5. The second-order valence-electron chi connectivity index (χ2n) is 5.56. The van der Waals surface area contributed by atoms with Gasteiger partial charge >= 0.3 is 0 Å². The second-order valence-corrected chi connectivity index (χ2v) is 6.61. The first-order valence-corrected chi connectivity index (χ1v) is 9.10. The van der Waals surface area contributed by atoms with Gasteiger partial charge in [-0.25, -0.2) is 4.39 Å². The van der Waals surface area contributed by atoms with Crippen molar-refractivity contribution in [1.82, 2.24) is 14.9 Å². The van der Waals surface area contributed by atoms with Crippen molar-refractivity contribution in [2.24, 2.45) is 0 Å². The standard InChI is InChI=1S/C18H14ClFN4O2S/c19-13-2-1-3-15(8-13)24(18(26)16-11-27-23-22-16)10-17(25)21-9-12-4-6-14(20)7-5-12/h1-8,11H,9-10H2,(H,21,25). The summed E-state index contributed by atoms with van der Waals surface area (Å²) in [4.78, 5) is 26.4. The van der Waals surface area contributed by atoms with E-state index in [1.807, 2.05) is 0 Å². The number of hydrogen-bond acceptors (Lipinski definition) is 5. The molecule has 9 heteroatoms. The lowest BCUT2D eigenvalue weighted by molar-refractivity contribution is -0.119. The van der Waals surface area contributed by atoms with Crippen molar-refractivity contribution in [1.29, 1.82) is 0 Å². The summed E-state index contributed by atoms with van der Waals surface area (Å²) < 4.78 is 16.6. The van der Waals surface area contributed by atoms with Crippen LogP contribution in [0.25, 0.3) is 0 Å². The van der Waals surface area contributed by atoms with Crippen molar-refractivity contribution in [3.05, 3.63) is 76.0 Å². The highest BCUT2D eigenvalue weighted by molar-refractivity contribution is 7.03. The normalized spacial score (nSPS) is 10.4. The quantitative estimate of drug-likeness (QED) is 0.684. The highest BCUT2D eigenvalue weighted by Crippen LogP contribution is 2.21. The third kappa shape index (κ3) is 5.08. The molecule has 0 fully saturated rings. The summed E-state index contributed by atoms with van der Waals surface area (Å²) in [5, 5.41) is 8.43. The molecule has 0 unspecified atom stereocenters. The van der Waals surface area contributed by atoms with Gasteiger partial charge in [-0.05, 0) is 47.4 Å². The molecule has 0 saturated carbocycles. The molecule has 6 nitrogen and oxygen atoms in total. The molecule has 0 atom stereocenters. The molecule has 3 aromatic rings. The Hall–Kier alpha value is -2.84. The molecular formula is C18H14ClFN4O2S. The maximum Gasteiger partial charge on any atom is 0.280 e. The van der Waals surface area contributed by atoms with Crippen LogP contribution in [0.1, 0.15) is 16.1 Å². The molecule has 138 valence electrons. The zero-order chi connectivity index (χ0) is 19.2. The molecule has 2 amide bonds. The van der Waals surface area contributed by atoms with E-state index in [9.17, 15) is 14.0 Å². The van der Waals surface area contributed by atoms with Crippen molar-refractivity contribution in [3.8, 4) is 0 Å². The van der Waals surface area contributed by atoms with E-state index < -0.39 is 5.91 Å². The van der Waals surface area contributed by atoms with Gasteiger partial charge in [0.05, 0.1) is 0 Å².